The van der Waals surface area contributed by atoms with E-state index in [1.807, 2.05) is 6.07 Å². The van der Waals surface area contributed by atoms with Gasteiger partial charge >= 0.3 is 5.97 Å². The first-order chi connectivity index (χ1) is 8.65. The number of methoxy groups -OCH3 is 1. The van der Waals surface area contributed by atoms with Gasteiger partial charge in [-0.05, 0) is 17.7 Å². The summed E-state index contributed by atoms with van der Waals surface area (Å²) in [4.78, 5) is 16.3. The Morgan fingerprint density at radius 2 is 2.44 bits per heavy atom. The molecule has 0 amide bonds. The molecule has 1 heterocycles. The first kappa shape index (κ1) is 14.1. The summed E-state index contributed by atoms with van der Waals surface area (Å²) in [6, 6.07) is 5.37. The largest absolute Gasteiger partial charge is 0.480 e. The van der Waals surface area contributed by atoms with Gasteiger partial charge in [0, 0.05) is 26.4 Å². The van der Waals surface area contributed by atoms with E-state index in [2.05, 4.69) is 4.98 Å². The smallest absolute Gasteiger partial charge is 0.317 e. The van der Waals surface area contributed by atoms with Gasteiger partial charge in [0.15, 0.2) is 0 Å². The second-order valence-electron chi connectivity index (χ2n) is 3.76. The summed E-state index contributed by atoms with van der Waals surface area (Å²) in [5.41, 5.74) is 1.19. The molecule has 0 aliphatic heterocycles. The molecule has 18 heavy (non-hydrogen) atoms. The van der Waals surface area contributed by atoms with Crippen LogP contribution in [0.2, 0.25) is 0 Å². The molecule has 96 valence electrons. The molecule has 0 fully saturated rings. The normalized spacial score (nSPS) is 10.3. The van der Waals surface area contributed by atoms with E-state index >= 15 is 0 Å². The van der Waals surface area contributed by atoms with Crippen LogP contribution < -0.4 is 0 Å². The summed E-state index contributed by atoms with van der Waals surface area (Å²) in [6.07, 6.45) is 1.54. The van der Waals surface area contributed by atoms with Crippen LogP contribution in [-0.4, -0.2) is 47.8 Å². The average Bonchev–Trinajstić information content (AvgIpc) is 2.35. The SMILES string of the molecule is COCCN(CC(=O)O)Cc1ccnc(C#N)c1. The van der Waals surface area contributed by atoms with Crippen molar-refractivity contribution in [2.75, 3.05) is 26.8 Å². The van der Waals surface area contributed by atoms with Gasteiger partial charge in [-0.25, -0.2) is 4.98 Å². The predicted octanol–water partition coefficient (Wildman–Crippen LogP) is 0.486. The molecule has 0 aliphatic rings. The number of aromatic nitrogens is 1. The molecule has 0 spiro atoms. The minimum atomic E-state index is -0.888. The summed E-state index contributed by atoms with van der Waals surface area (Å²) in [7, 11) is 1.57. The van der Waals surface area contributed by atoms with Crippen LogP contribution in [0.3, 0.4) is 0 Å². The van der Waals surface area contributed by atoms with Crippen LogP contribution in [0.5, 0.6) is 0 Å². The Hall–Kier alpha value is -1.97. The van der Waals surface area contributed by atoms with Crippen molar-refractivity contribution in [3.63, 3.8) is 0 Å². The maximum absolute atomic E-state index is 10.7. The summed E-state index contributed by atoms with van der Waals surface area (Å²) < 4.78 is 4.94. The number of carboxylic acids is 1. The molecular weight excluding hydrogens is 234 g/mol. The van der Waals surface area contributed by atoms with Crippen molar-refractivity contribution in [2.45, 2.75) is 6.54 Å². The van der Waals surface area contributed by atoms with Gasteiger partial charge in [-0.1, -0.05) is 0 Å². The zero-order valence-corrected chi connectivity index (χ0v) is 10.2. The standard InChI is InChI=1S/C12H15N3O3/c1-18-5-4-15(9-12(16)17)8-10-2-3-14-11(6-10)7-13/h2-3,6H,4-5,8-9H2,1H3,(H,16,17). The van der Waals surface area contributed by atoms with Crippen molar-refractivity contribution in [2.24, 2.45) is 0 Å². The highest BCUT2D eigenvalue weighted by molar-refractivity contribution is 5.69. The lowest BCUT2D eigenvalue weighted by Gasteiger charge is -2.19. The van der Waals surface area contributed by atoms with E-state index in [9.17, 15) is 4.79 Å². The number of pyridine rings is 1. The predicted molar refractivity (Wildman–Crippen MR) is 63.7 cm³/mol. The van der Waals surface area contributed by atoms with Gasteiger partial charge in [0.25, 0.3) is 0 Å². The lowest BCUT2D eigenvalue weighted by molar-refractivity contribution is -0.138. The fourth-order valence-electron chi connectivity index (χ4n) is 1.52. The number of ether oxygens (including phenoxy) is 1. The number of carbonyl (C=O) groups is 1. The van der Waals surface area contributed by atoms with Crippen molar-refractivity contribution >= 4 is 5.97 Å². The Bertz CT molecular complexity index is 442. The molecule has 0 saturated carbocycles. The second-order valence-corrected chi connectivity index (χ2v) is 3.76. The zero-order valence-electron chi connectivity index (χ0n) is 10.2. The van der Waals surface area contributed by atoms with Crippen LogP contribution in [0.15, 0.2) is 18.3 Å². The maximum Gasteiger partial charge on any atom is 0.317 e. The Morgan fingerprint density at radius 1 is 1.67 bits per heavy atom. The zero-order chi connectivity index (χ0) is 13.4. The Balaban J connectivity index is 2.68. The van der Waals surface area contributed by atoms with E-state index in [0.717, 1.165) is 5.56 Å². The molecule has 1 N–H and O–H groups in total. The summed E-state index contributed by atoms with van der Waals surface area (Å²) in [5.74, 6) is -0.888. The van der Waals surface area contributed by atoms with E-state index in [1.165, 1.54) is 0 Å². The molecule has 0 aliphatic carbocycles. The van der Waals surface area contributed by atoms with Crippen molar-refractivity contribution < 1.29 is 14.6 Å². The van der Waals surface area contributed by atoms with Gasteiger partial charge in [-0.3, -0.25) is 9.69 Å². The van der Waals surface area contributed by atoms with E-state index in [1.54, 1.807) is 30.3 Å². The molecule has 0 atom stereocenters. The summed E-state index contributed by atoms with van der Waals surface area (Å²) >= 11 is 0. The molecule has 6 heteroatoms. The van der Waals surface area contributed by atoms with Crippen molar-refractivity contribution in [1.29, 1.82) is 5.26 Å². The van der Waals surface area contributed by atoms with Gasteiger partial charge in [-0.2, -0.15) is 5.26 Å². The third-order valence-electron chi connectivity index (χ3n) is 2.32. The lowest BCUT2D eigenvalue weighted by atomic mass is 10.2. The monoisotopic (exact) mass is 249 g/mol. The highest BCUT2D eigenvalue weighted by atomic mass is 16.5. The van der Waals surface area contributed by atoms with E-state index in [4.69, 9.17) is 15.1 Å². The first-order valence-electron chi connectivity index (χ1n) is 5.44. The van der Waals surface area contributed by atoms with E-state index in [0.29, 0.717) is 25.4 Å². The fourth-order valence-corrected chi connectivity index (χ4v) is 1.52. The van der Waals surface area contributed by atoms with Gasteiger partial charge in [0.2, 0.25) is 0 Å². The minimum absolute atomic E-state index is 0.0619. The van der Waals surface area contributed by atoms with Crippen LogP contribution in [0, 0.1) is 11.3 Å². The third kappa shape index (κ3) is 4.91. The van der Waals surface area contributed by atoms with E-state index < -0.39 is 5.97 Å². The highest BCUT2D eigenvalue weighted by Gasteiger charge is 2.10. The number of aliphatic carboxylic acids is 1. The van der Waals surface area contributed by atoms with Crippen LogP contribution in [0.25, 0.3) is 0 Å². The topological polar surface area (TPSA) is 86.4 Å². The molecule has 6 nitrogen and oxygen atoms in total. The number of hydrogen-bond acceptors (Lipinski definition) is 5. The van der Waals surface area contributed by atoms with Gasteiger partial charge in [-0.15, -0.1) is 0 Å². The fraction of sp³-hybridized carbons (Fsp3) is 0.417. The van der Waals surface area contributed by atoms with Crippen LogP contribution >= 0.6 is 0 Å². The molecule has 1 aromatic rings. The summed E-state index contributed by atoms with van der Waals surface area (Å²) in [5, 5.41) is 17.6. The van der Waals surface area contributed by atoms with Crippen molar-refractivity contribution in [3.05, 3.63) is 29.6 Å². The molecule has 0 bridgehead atoms. The van der Waals surface area contributed by atoms with Gasteiger partial charge in [0.05, 0.1) is 13.2 Å². The Kier molecular flexibility index (Phi) is 5.77. The quantitative estimate of drug-likeness (QED) is 0.756. The lowest BCUT2D eigenvalue weighted by Crippen LogP contribution is -2.32. The van der Waals surface area contributed by atoms with Crippen molar-refractivity contribution in [1.82, 2.24) is 9.88 Å². The van der Waals surface area contributed by atoms with Crippen molar-refractivity contribution in [3.8, 4) is 6.07 Å². The number of nitriles is 1. The number of rotatable bonds is 7. The number of nitrogens with zero attached hydrogens (tertiary/aromatic N) is 3. The number of hydrogen-bond donors (Lipinski definition) is 1. The minimum Gasteiger partial charge on any atom is -0.480 e. The molecule has 0 unspecified atom stereocenters. The highest BCUT2D eigenvalue weighted by Crippen LogP contribution is 2.05. The van der Waals surface area contributed by atoms with E-state index in [-0.39, 0.29) is 6.54 Å². The molecule has 0 saturated heterocycles. The molecular formula is C12H15N3O3. The molecule has 0 radical (unpaired) electrons. The Labute approximate surface area is 105 Å². The number of carboxylic acid groups (broad SMARTS) is 1. The third-order valence-corrected chi connectivity index (χ3v) is 2.32. The first-order valence-corrected chi connectivity index (χ1v) is 5.44. The van der Waals surface area contributed by atoms with Crippen LogP contribution in [-0.2, 0) is 16.1 Å². The average molecular weight is 249 g/mol. The second kappa shape index (κ2) is 7.37. The van der Waals surface area contributed by atoms with Gasteiger partial charge < -0.3 is 9.84 Å². The van der Waals surface area contributed by atoms with Crippen LogP contribution in [0.1, 0.15) is 11.3 Å². The summed E-state index contributed by atoms with van der Waals surface area (Å²) in [6.45, 7) is 1.37. The molecule has 1 rings (SSSR count). The van der Waals surface area contributed by atoms with Crippen LogP contribution in [0.4, 0.5) is 0 Å². The molecule has 1 aromatic heterocycles. The maximum atomic E-state index is 10.7. The van der Waals surface area contributed by atoms with Gasteiger partial charge in [0.1, 0.15) is 11.8 Å². The Morgan fingerprint density at radius 3 is 3.06 bits per heavy atom. The molecule has 0 aromatic carbocycles.